The molecular formula is C18H12FNO2S2. The Kier molecular flexibility index (Phi) is 4.59. The molecule has 1 heterocycles. The summed E-state index contributed by atoms with van der Waals surface area (Å²) < 4.78 is 13.9. The lowest BCUT2D eigenvalue weighted by Crippen LogP contribution is -2.34. The molecule has 0 aliphatic carbocycles. The van der Waals surface area contributed by atoms with Crippen molar-refractivity contribution in [2.75, 3.05) is 0 Å². The number of imide groups is 1. The first kappa shape index (κ1) is 16.5. The molecule has 3 rings (SSSR count). The van der Waals surface area contributed by atoms with Crippen LogP contribution in [0.2, 0.25) is 0 Å². The van der Waals surface area contributed by atoms with Gasteiger partial charge in [-0.1, -0.05) is 59.9 Å². The van der Waals surface area contributed by atoms with Crippen molar-refractivity contribution in [1.82, 2.24) is 4.90 Å². The molecule has 2 aromatic rings. The summed E-state index contributed by atoms with van der Waals surface area (Å²) in [6.07, 6.45) is 1.41. The molecular weight excluding hydrogens is 345 g/mol. The van der Waals surface area contributed by atoms with E-state index in [0.717, 1.165) is 22.2 Å². The highest BCUT2D eigenvalue weighted by atomic mass is 32.2. The molecule has 0 aromatic heterocycles. The molecule has 0 unspecified atom stereocenters. The molecule has 2 amide bonds. The molecule has 6 heteroatoms. The van der Waals surface area contributed by atoms with Crippen molar-refractivity contribution in [3.8, 4) is 0 Å². The lowest BCUT2D eigenvalue weighted by Gasteiger charge is -2.12. The quantitative estimate of drug-likeness (QED) is 0.459. The van der Waals surface area contributed by atoms with Crippen molar-refractivity contribution in [2.24, 2.45) is 0 Å². The summed E-state index contributed by atoms with van der Waals surface area (Å²) in [7, 11) is 0. The second-order valence-electron chi connectivity index (χ2n) is 5.21. The number of halogens is 1. The van der Waals surface area contributed by atoms with Crippen molar-refractivity contribution < 1.29 is 14.0 Å². The van der Waals surface area contributed by atoms with Crippen molar-refractivity contribution in [1.29, 1.82) is 0 Å². The fraction of sp³-hybridized carbons (Fsp3) is 0.0556. The molecule has 1 fully saturated rings. The number of carbonyl (C=O) groups excluding carboxylic acids is 2. The summed E-state index contributed by atoms with van der Waals surface area (Å²) in [5.41, 5.74) is 1.67. The molecule has 120 valence electrons. The highest BCUT2D eigenvalue weighted by Gasteiger charge is 2.37. The highest BCUT2D eigenvalue weighted by Crippen LogP contribution is 2.33. The first-order valence-electron chi connectivity index (χ1n) is 7.11. The van der Waals surface area contributed by atoms with Crippen molar-refractivity contribution in [3.05, 3.63) is 75.9 Å². The Balaban J connectivity index is 1.91. The van der Waals surface area contributed by atoms with E-state index in [4.69, 9.17) is 12.2 Å². The number of amides is 2. The van der Waals surface area contributed by atoms with Gasteiger partial charge in [-0.2, -0.15) is 0 Å². The zero-order chi connectivity index (χ0) is 17.3. The van der Waals surface area contributed by atoms with Crippen LogP contribution in [0.15, 0.2) is 53.4 Å². The zero-order valence-corrected chi connectivity index (χ0v) is 14.3. The normalized spacial score (nSPS) is 16.1. The van der Waals surface area contributed by atoms with Crippen LogP contribution in [0.25, 0.3) is 6.08 Å². The molecule has 1 saturated heterocycles. The monoisotopic (exact) mass is 357 g/mol. The van der Waals surface area contributed by atoms with Gasteiger partial charge in [-0.25, -0.2) is 9.29 Å². The van der Waals surface area contributed by atoms with E-state index in [9.17, 15) is 14.0 Å². The van der Waals surface area contributed by atoms with Gasteiger partial charge in [0.25, 0.3) is 11.8 Å². The number of rotatable bonds is 2. The highest BCUT2D eigenvalue weighted by molar-refractivity contribution is 8.26. The maximum atomic E-state index is 13.7. The van der Waals surface area contributed by atoms with Gasteiger partial charge >= 0.3 is 0 Å². The minimum Gasteiger partial charge on any atom is -0.268 e. The van der Waals surface area contributed by atoms with Crippen molar-refractivity contribution in [2.45, 2.75) is 6.92 Å². The van der Waals surface area contributed by atoms with E-state index >= 15 is 0 Å². The second kappa shape index (κ2) is 6.67. The molecule has 24 heavy (non-hydrogen) atoms. The third kappa shape index (κ3) is 3.16. The lowest BCUT2D eigenvalue weighted by atomic mass is 10.1. The molecule has 1 aliphatic rings. The average Bonchev–Trinajstić information content (AvgIpc) is 2.84. The molecule has 0 bridgehead atoms. The predicted octanol–water partition coefficient (Wildman–Crippen LogP) is 4.18. The van der Waals surface area contributed by atoms with Crippen molar-refractivity contribution >= 4 is 46.2 Å². The second-order valence-corrected chi connectivity index (χ2v) is 6.89. The van der Waals surface area contributed by atoms with Crippen LogP contribution in [0, 0.1) is 12.7 Å². The van der Waals surface area contributed by atoms with Crippen molar-refractivity contribution in [3.63, 3.8) is 0 Å². The van der Waals surface area contributed by atoms with Crippen LogP contribution in [0.5, 0.6) is 0 Å². The van der Waals surface area contributed by atoms with Crippen LogP contribution < -0.4 is 0 Å². The molecule has 1 aliphatic heterocycles. The summed E-state index contributed by atoms with van der Waals surface area (Å²) in [5, 5.41) is 0. The molecule has 0 N–H and O–H groups in total. The summed E-state index contributed by atoms with van der Waals surface area (Å²) in [5.74, 6) is -1.44. The summed E-state index contributed by atoms with van der Waals surface area (Å²) in [4.78, 5) is 26.2. The average molecular weight is 357 g/mol. The number of benzene rings is 2. The van der Waals surface area contributed by atoms with E-state index in [1.807, 2.05) is 6.92 Å². The third-order valence-electron chi connectivity index (χ3n) is 3.49. The first-order valence-corrected chi connectivity index (χ1v) is 8.33. The third-order valence-corrected chi connectivity index (χ3v) is 4.79. The van der Waals surface area contributed by atoms with Gasteiger partial charge in [-0.15, -0.1) is 0 Å². The Morgan fingerprint density at radius 2 is 1.83 bits per heavy atom. The topological polar surface area (TPSA) is 37.4 Å². The first-order chi connectivity index (χ1) is 11.5. The number of thiocarbonyl (C=S) groups is 1. The van der Waals surface area contributed by atoms with E-state index in [-0.39, 0.29) is 14.8 Å². The summed E-state index contributed by atoms with van der Waals surface area (Å²) in [6, 6.07) is 13.0. The lowest BCUT2D eigenvalue weighted by molar-refractivity contribution is -0.120. The Morgan fingerprint density at radius 1 is 1.17 bits per heavy atom. The van der Waals surface area contributed by atoms with Gasteiger partial charge in [0.15, 0.2) is 4.32 Å². The van der Waals surface area contributed by atoms with Gasteiger partial charge in [0.2, 0.25) is 0 Å². The SMILES string of the molecule is Cc1ccc(C(=O)N2C(=O)/C(=C\c3ccccc3F)SC2=S)cc1. The Bertz CT molecular complexity index is 875. The number of carbonyl (C=O) groups is 2. The van der Waals surface area contributed by atoms with E-state index in [1.165, 1.54) is 12.1 Å². The van der Waals surface area contributed by atoms with Gasteiger partial charge in [-0.05, 0) is 31.2 Å². The largest absolute Gasteiger partial charge is 0.273 e. The molecule has 0 saturated carbocycles. The van der Waals surface area contributed by atoms with Gasteiger partial charge in [-0.3, -0.25) is 9.59 Å². The molecule has 3 nitrogen and oxygen atoms in total. The Labute approximate surface area is 148 Å². The summed E-state index contributed by atoms with van der Waals surface area (Å²) in [6.45, 7) is 1.91. The molecule has 2 aromatic carbocycles. The van der Waals surface area contributed by atoms with E-state index < -0.39 is 17.6 Å². The van der Waals surface area contributed by atoms with Crippen LogP contribution in [0.4, 0.5) is 4.39 Å². The van der Waals surface area contributed by atoms with Gasteiger partial charge in [0.05, 0.1) is 4.91 Å². The van der Waals surface area contributed by atoms with Crippen LogP contribution in [0.1, 0.15) is 21.5 Å². The fourth-order valence-electron chi connectivity index (χ4n) is 2.20. The zero-order valence-electron chi connectivity index (χ0n) is 12.7. The van der Waals surface area contributed by atoms with Crippen LogP contribution in [0.3, 0.4) is 0 Å². The maximum absolute atomic E-state index is 13.7. The number of thioether (sulfide) groups is 1. The minimum atomic E-state index is -0.529. The Morgan fingerprint density at radius 3 is 2.50 bits per heavy atom. The van der Waals surface area contributed by atoms with Crippen LogP contribution in [-0.4, -0.2) is 21.0 Å². The predicted molar refractivity (Wildman–Crippen MR) is 96.9 cm³/mol. The fourth-order valence-corrected chi connectivity index (χ4v) is 3.45. The minimum absolute atomic E-state index is 0.146. The standard InChI is InChI=1S/C18H12FNO2S2/c1-11-6-8-12(9-7-11)16(21)20-17(22)15(24-18(20)23)10-13-4-2-3-5-14(13)19/h2-10H,1H3/b15-10+. The molecule has 0 radical (unpaired) electrons. The molecule has 0 atom stereocenters. The molecule has 0 spiro atoms. The number of aryl methyl sites for hydroxylation is 1. The number of nitrogens with zero attached hydrogens (tertiary/aromatic N) is 1. The van der Waals surface area contributed by atoms with Crippen LogP contribution >= 0.6 is 24.0 Å². The van der Waals surface area contributed by atoms with Gasteiger partial charge in [0.1, 0.15) is 5.82 Å². The van der Waals surface area contributed by atoms with E-state index in [0.29, 0.717) is 5.56 Å². The van der Waals surface area contributed by atoms with E-state index in [1.54, 1.807) is 42.5 Å². The van der Waals surface area contributed by atoms with Gasteiger partial charge < -0.3 is 0 Å². The Hall–Kier alpha value is -2.31. The van der Waals surface area contributed by atoms with E-state index in [2.05, 4.69) is 0 Å². The van der Waals surface area contributed by atoms with Gasteiger partial charge in [0, 0.05) is 11.1 Å². The van der Waals surface area contributed by atoms with Crippen LogP contribution in [-0.2, 0) is 4.79 Å². The maximum Gasteiger partial charge on any atom is 0.273 e. The summed E-state index contributed by atoms with van der Waals surface area (Å²) >= 11 is 6.15. The number of hydrogen-bond acceptors (Lipinski definition) is 4. The number of hydrogen-bond donors (Lipinski definition) is 0. The smallest absolute Gasteiger partial charge is 0.268 e.